The predicted molar refractivity (Wildman–Crippen MR) is 57.0 cm³/mol. The lowest BCUT2D eigenvalue weighted by Crippen LogP contribution is -2.28. The molecule has 0 saturated carbocycles. The second-order valence-corrected chi connectivity index (χ2v) is 3.47. The van der Waals surface area contributed by atoms with Gasteiger partial charge in [0.2, 0.25) is 6.41 Å². The number of carboxylic acids is 1. The average molecular weight is 207 g/mol. The van der Waals surface area contributed by atoms with Crippen molar-refractivity contribution in [3.63, 3.8) is 0 Å². The van der Waals surface area contributed by atoms with Gasteiger partial charge in [-0.05, 0) is 37.1 Å². The van der Waals surface area contributed by atoms with Crippen LogP contribution >= 0.6 is 0 Å². The SMILES string of the molecule is Cc1cc(C)cc(N(C=O)CC(=O)O)c1. The first-order chi connectivity index (χ1) is 7.02. The van der Waals surface area contributed by atoms with E-state index in [-0.39, 0.29) is 6.54 Å². The quantitative estimate of drug-likeness (QED) is 0.758. The Balaban J connectivity index is 3.00. The zero-order valence-corrected chi connectivity index (χ0v) is 8.73. The maximum atomic E-state index is 10.7. The third-order valence-electron chi connectivity index (χ3n) is 1.97. The summed E-state index contributed by atoms with van der Waals surface area (Å²) in [4.78, 5) is 22.4. The molecule has 4 nitrogen and oxygen atoms in total. The molecule has 0 fully saturated rings. The van der Waals surface area contributed by atoms with Crippen molar-refractivity contribution in [3.05, 3.63) is 29.3 Å². The van der Waals surface area contributed by atoms with E-state index in [2.05, 4.69) is 0 Å². The molecule has 0 aliphatic carbocycles. The Morgan fingerprint density at radius 2 is 1.87 bits per heavy atom. The number of hydrogen-bond acceptors (Lipinski definition) is 2. The number of hydrogen-bond donors (Lipinski definition) is 1. The molecular weight excluding hydrogens is 194 g/mol. The second kappa shape index (κ2) is 4.59. The molecule has 80 valence electrons. The minimum Gasteiger partial charge on any atom is -0.480 e. The number of amides is 1. The van der Waals surface area contributed by atoms with Crippen LogP contribution in [0.4, 0.5) is 5.69 Å². The smallest absolute Gasteiger partial charge is 0.323 e. The maximum Gasteiger partial charge on any atom is 0.323 e. The fraction of sp³-hybridized carbons (Fsp3) is 0.273. The maximum absolute atomic E-state index is 10.7. The van der Waals surface area contributed by atoms with E-state index in [0.717, 1.165) is 11.1 Å². The number of carboxylic acid groups (broad SMARTS) is 1. The number of benzene rings is 1. The Hall–Kier alpha value is -1.84. The standard InChI is InChI=1S/C11H13NO3/c1-8-3-9(2)5-10(4-8)12(7-13)6-11(14)15/h3-5,7H,6H2,1-2H3,(H,14,15). The van der Waals surface area contributed by atoms with Gasteiger partial charge >= 0.3 is 5.97 Å². The van der Waals surface area contributed by atoms with E-state index in [4.69, 9.17) is 5.11 Å². The summed E-state index contributed by atoms with van der Waals surface area (Å²) in [5.41, 5.74) is 2.62. The van der Waals surface area contributed by atoms with Crippen LogP contribution in [0.15, 0.2) is 18.2 Å². The summed E-state index contributed by atoms with van der Waals surface area (Å²) in [5, 5.41) is 8.61. The summed E-state index contributed by atoms with van der Waals surface area (Å²) in [6.45, 7) is 3.49. The van der Waals surface area contributed by atoms with E-state index in [1.165, 1.54) is 4.90 Å². The number of carbonyl (C=O) groups is 2. The van der Waals surface area contributed by atoms with Gasteiger partial charge in [-0.3, -0.25) is 9.59 Å². The highest BCUT2D eigenvalue weighted by molar-refractivity contribution is 5.85. The summed E-state index contributed by atoms with van der Waals surface area (Å²) < 4.78 is 0. The molecule has 15 heavy (non-hydrogen) atoms. The molecule has 0 saturated heterocycles. The van der Waals surface area contributed by atoms with Crippen LogP contribution in [0.1, 0.15) is 11.1 Å². The zero-order chi connectivity index (χ0) is 11.4. The molecule has 0 unspecified atom stereocenters. The summed E-state index contributed by atoms with van der Waals surface area (Å²) >= 11 is 0. The third kappa shape index (κ3) is 3.09. The Bertz CT molecular complexity index is 367. The molecule has 1 aromatic carbocycles. The zero-order valence-electron chi connectivity index (χ0n) is 8.73. The molecular formula is C11H13NO3. The van der Waals surface area contributed by atoms with Crippen molar-refractivity contribution >= 4 is 18.1 Å². The monoisotopic (exact) mass is 207 g/mol. The van der Waals surface area contributed by atoms with Gasteiger partial charge in [0.1, 0.15) is 6.54 Å². The highest BCUT2D eigenvalue weighted by atomic mass is 16.4. The molecule has 0 atom stereocenters. The van der Waals surface area contributed by atoms with Crippen LogP contribution in [-0.2, 0) is 9.59 Å². The molecule has 1 N–H and O–H groups in total. The van der Waals surface area contributed by atoms with Crippen LogP contribution in [0, 0.1) is 13.8 Å². The van der Waals surface area contributed by atoms with Gasteiger partial charge in [0.15, 0.2) is 0 Å². The van der Waals surface area contributed by atoms with Crippen LogP contribution in [0.25, 0.3) is 0 Å². The lowest BCUT2D eigenvalue weighted by atomic mass is 10.1. The third-order valence-corrected chi connectivity index (χ3v) is 1.97. The molecule has 0 aromatic heterocycles. The van der Waals surface area contributed by atoms with E-state index in [1.807, 2.05) is 19.9 Å². The van der Waals surface area contributed by atoms with Crippen molar-refractivity contribution in [2.24, 2.45) is 0 Å². The largest absolute Gasteiger partial charge is 0.480 e. The van der Waals surface area contributed by atoms with Crippen molar-refractivity contribution in [3.8, 4) is 0 Å². The molecule has 0 aliphatic heterocycles. The van der Waals surface area contributed by atoms with Crippen LogP contribution in [-0.4, -0.2) is 24.0 Å². The topological polar surface area (TPSA) is 57.6 Å². The van der Waals surface area contributed by atoms with Gasteiger partial charge < -0.3 is 10.0 Å². The lowest BCUT2D eigenvalue weighted by molar-refractivity contribution is -0.136. The highest BCUT2D eigenvalue weighted by Crippen LogP contribution is 2.17. The number of nitrogens with zero attached hydrogens (tertiary/aromatic N) is 1. The van der Waals surface area contributed by atoms with Crippen molar-refractivity contribution < 1.29 is 14.7 Å². The second-order valence-electron chi connectivity index (χ2n) is 3.47. The Morgan fingerprint density at radius 1 is 1.33 bits per heavy atom. The van der Waals surface area contributed by atoms with E-state index in [9.17, 15) is 9.59 Å². The molecule has 0 heterocycles. The van der Waals surface area contributed by atoms with Gasteiger partial charge in [0.05, 0.1) is 0 Å². The first-order valence-electron chi connectivity index (χ1n) is 4.55. The molecule has 1 amide bonds. The van der Waals surface area contributed by atoms with Gasteiger partial charge in [-0.2, -0.15) is 0 Å². The minimum atomic E-state index is -1.03. The fourth-order valence-corrected chi connectivity index (χ4v) is 1.45. The normalized spacial score (nSPS) is 9.73. The predicted octanol–water partition coefficient (Wildman–Crippen LogP) is 1.35. The van der Waals surface area contributed by atoms with Gasteiger partial charge in [-0.15, -0.1) is 0 Å². The van der Waals surface area contributed by atoms with Crippen LogP contribution in [0.2, 0.25) is 0 Å². The lowest BCUT2D eigenvalue weighted by Gasteiger charge is -2.16. The fourth-order valence-electron chi connectivity index (χ4n) is 1.45. The van der Waals surface area contributed by atoms with Crippen LogP contribution in [0.3, 0.4) is 0 Å². The highest BCUT2D eigenvalue weighted by Gasteiger charge is 2.09. The minimum absolute atomic E-state index is 0.313. The van der Waals surface area contributed by atoms with Crippen LogP contribution in [0.5, 0.6) is 0 Å². The van der Waals surface area contributed by atoms with E-state index < -0.39 is 5.97 Å². The summed E-state index contributed by atoms with van der Waals surface area (Å²) in [6, 6.07) is 5.53. The van der Waals surface area contributed by atoms with E-state index in [0.29, 0.717) is 12.1 Å². The Morgan fingerprint density at radius 3 is 2.27 bits per heavy atom. The summed E-state index contributed by atoms with van der Waals surface area (Å²) in [7, 11) is 0. The van der Waals surface area contributed by atoms with Crippen molar-refractivity contribution in [2.75, 3.05) is 11.4 Å². The molecule has 0 radical (unpaired) electrons. The molecule has 0 bridgehead atoms. The van der Waals surface area contributed by atoms with Crippen molar-refractivity contribution in [1.82, 2.24) is 0 Å². The van der Waals surface area contributed by atoms with Gasteiger partial charge in [0, 0.05) is 5.69 Å². The molecule has 1 rings (SSSR count). The van der Waals surface area contributed by atoms with Gasteiger partial charge in [-0.1, -0.05) is 6.07 Å². The number of carbonyl (C=O) groups excluding carboxylic acids is 1. The molecule has 0 spiro atoms. The molecule has 1 aromatic rings. The van der Waals surface area contributed by atoms with Gasteiger partial charge in [-0.25, -0.2) is 0 Å². The summed E-state index contributed by atoms with van der Waals surface area (Å²) in [6.07, 6.45) is 0.530. The Labute approximate surface area is 88.1 Å². The van der Waals surface area contributed by atoms with Crippen molar-refractivity contribution in [2.45, 2.75) is 13.8 Å². The number of aryl methyl sites for hydroxylation is 2. The first kappa shape index (κ1) is 11.2. The van der Waals surface area contributed by atoms with E-state index >= 15 is 0 Å². The molecule has 4 heteroatoms. The Kier molecular flexibility index (Phi) is 3.44. The van der Waals surface area contributed by atoms with Crippen LogP contribution < -0.4 is 4.90 Å². The van der Waals surface area contributed by atoms with Crippen molar-refractivity contribution in [1.29, 1.82) is 0 Å². The van der Waals surface area contributed by atoms with E-state index in [1.54, 1.807) is 12.1 Å². The molecule has 0 aliphatic rings. The summed E-state index contributed by atoms with van der Waals surface area (Å²) in [5.74, 6) is -1.03. The number of anilines is 1. The number of aliphatic carboxylic acids is 1. The van der Waals surface area contributed by atoms with Gasteiger partial charge in [0.25, 0.3) is 0 Å². The first-order valence-corrected chi connectivity index (χ1v) is 4.55. The number of rotatable bonds is 4. The average Bonchev–Trinajstić information content (AvgIpc) is 2.12.